The monoisotopic (exact) mass is 280 g/mol. The van der Waals surface area contributed by atoms with Crippen molar-refractivity contribution in [1.29, 1.82) is 0 Å². The van der Waals surface area contributed by atoms with Crippen molar-refractivity contribution >= 4 is 0 Å². The van der Waals surface area contributed by atoms with E-state index in [-0.39, 0.29) is 5.92 Å². The van der Waals surface area contributed by atoms with E-state index in [9.17, 15) is 0 Å². The summed E-state index contributed by atoms with van der Waals surface area (Å²) in [4.78, 5) is 0. The molecule has 0 amide bonds. The molecule has 1 aliphatic rings. The highest BCUT2D eigenvalue weighted by Crippen LogP contribution is 2.28. The van der Waals surface area contributed by atoms with Crippen molar-refractivity contribution in [3.63, 3.8) is 0 Å². The van der Waals surface area contributed by atoms with Crippen LogP contribution < -0.4 is 0 Å². The molecule has 0 bridgehead atoms. The SMILES string of the molecule is C#CC(C)C=CCC(C1=CC(CC)=CC=CC=C1)C(C)C. The van der Waals surface area contributed by atoms with Gasteiger partial charge in [-0.1, -0.05) is 75.3 Å². The fraction of sp³-hybridized carbons (Fsp3) is 0.429. The molecule has 0 radical (unpaired) electrons. The number of hydrogen-bond acceptors (Lipinski definition) is 0. The fourth-order valence-corrected chi connectivity index (χ4v) is 2.45. The first-order valence-corrected chi connectivity index (χ1v) is 7.96. The van der Waals surface area contributed by atoms with Crippen LogP contribution in [0.3, 0.4) is 0 Å². The second-order valence-corrected chi connectivity index (χ2v) is 5.95. The summed E-state index contributed by atoms with van der Waals surface area (Å²) in [6, 6.07) is 0. The summed E-state index contributed by atoms with van der Waals surface area (Å²) >= 11 is 0. The van der Waals surface area contributed by atoms with Gasteiger partial charge in [0.25, 0.3) is 0 Å². The molecular formula is C21H28. The third kappa shape index (κ3) is 6.05. The number of hydrogen-bond donors (Lipinski definition) is 0. The van der Waals surface area contributed by atoms with E-state index in [1.807, 2.05) is 0 Å². The molecule has 0 aliphatic heterocycles. The van der Waals surface area contributed by atoms with Crippen LogP contribution in [0, 0.1) is 30.1 Å². The average Bonchev–Trinajstić information content (AvgIpc) is 2.44. The molecule has 2 unspecified atom stereocenters. The molecule has 0 saturated carbocycles. The highest BCUT2D eigenvalue weighted by Gasteiger charge is 2.15. The molecule has 0 heteroatoms. The molecule has 2 atom stereocenters. The Kier molecular flexibility index (Phi) is 7.62. The maximum Gasteiger partial charge on any atom is 0.0351 e. The first kappa shape index (κ1) is 17.3. The zero-order valence-electron chi connectivity index (χ0n) is 13.8. The lowest BCUT2D eigenvalue weighted by Gasteiger charge is -2.22. The number of rotatable bonds is 6. The van der Waals surface area contributed by atoms with Crippen molar-refractivity contribution in [1.82, 2.24) is 0 Å². The molecule has 0 saturated heterocycles. The van der Waals surface area contributed by atoms with Crippen LogP contribution in [0.25, 0.3) is 0 Å². The second kappa shape index (κ2) is 9.24. The van der Waals surface area contributed by atoms with Crippen molar-refractivity contribution < 1.29 is 0 Å². The van der Waals surface area contributed by atoms with Gasteiger partial charge < -0.3 is 0 Å². The molecule has 0 spiro atoms. The van der Waals surface area contributed by atoms with Crippen LogP contribution in [-0.4, -0.2) is 0 Å². The summed E-state index contributed by atoms with van der Waals surface area (Å²) in [5.41, 5.74) is 2.80. The van der Waals surface area contributed by atoms with Crippen molar-refractivity contribution in [2.45, 2.75) is 40.5 Å². The van der Waals surface area contributed by atoms with Crippen LogP contribution >= 0.6 is 0 Å². The maximum atomic E-state index is 5.43. The molecule has 0 aromatic carbocycles. The van der Waals surface area contributed by atoms with E-state index in [0.717, 1.165) is 12.8 Å². The summed E-state index contributed by atoms with van der Waals surface area (Å²) in [5, 5.41) is 0. The predicted molar refractivity (Wildman–Crippen MR) is 94.8 cm³/mol. The Bertz CT molecular complexity index is 501. The molecule has 0 nitrogen and oxygen atoms in total. The van der Waals surface area contributed by atoms with Gasteiger partial charge in [-0.3, -0.25) is 0 Å². The lowest BCUT2D eigenvalue weighted by molar-refractivity contribution is 0.454. The summed E-state index contributed by atoms with van der Waals surface area (Å²) in [7, 11) is 0. The van der Waals surface area contributed by atoms with Crippen molar-refractivity contribution in [3.8, 4) is 12.3 Å². The van der Waals surface area contributed by atoms with Gasteiger partial charge in [0.05, 0.1) is 0 Å². The van der Waals surface area contributed by atoms with Crippen LogP contribution in [0.2, 0.25) is 0 Å². The Morgan fingerprint density at radius 1 is 1.19 bits per heavy atom. The van der Waals surface area contributed by atoms with E-state index < -0.39 is 0 Å². The second-order valence-electron chi connectivity index (χ2n) is 5.95. The quantitative estimate of drug-likeness (QED) is 0.422. The summed E-state index contributed by atoms with van der Waals surface area (Å²) < 4.78 is 0. The van der Waals surface area contributed by atoms with Gasteiger partial charge in [-0.2, -0.15) is 0 Å². The summed E-state index contributed by atoms with van der Waals surface area (Å²) in [6.07, 6.45) is 25.1. The van der Waals surface area contributed by atoms with Crippen LogP contribution in [0.15, 0.2) is 59.8 Å². The van der Waals surface area contributed by atoms with Crippen LogP contribution in [0.1, 0.15) is 40.5 Å². The average molecular weight is 280 g/mol. The lowest BCUT2D eigenvalue weighted by atomic mass is 9.83. The molecule has 0 aromatic heterocycles. The van der Waals surface area contributed by atoms with Gasteiger partial charge >= 0.3 is 0 Å². The first-order valence-electron chi connectivity index (χ1n) is 7.96. The summed E-state index contributed by atoms with van der Waals surface area (Å²) in [5.74, 6) is 4.10. The lowest BCUT2D eigenvalue weighted by Crippen LogP contribution is -2.10. The molecule has 21 heavy (non-hydrogen) atoms. The smallest absolute Gasteiger partial charge is 0.0351 e. The van der Waals surface area contributed by atoms with E-state index in [0.29, 0.717) is 11.8 Å². The van der Waals surface area contributed by atoms with E-state index >= 15 is 0 Å². The molecule has 1 aliphatic carbocycles. The minimum atomic E-state index is 0.216. The molecule has 112 valence electrons. The van der Waals surface area contributed by atoms with Gasteiger partial charge in [0, 0.05) is 5.92 Å². The van der Waals surface area contributed by atoms with Gasteiger partial charge in [0.1, 0.15) is 0 Å². The standard InChI is InChI=1S/C21H28/c1-6-18(5)12-11-15-21(17(3)4)20-14-10-8-9-13-19(7-2)16-20/h1,8-14,16-18,21H,7,15H2,2-5H3. The van der Waals surface area contributed by atoms with Crippen molar-refractivity contribution in [3.05, 3.63) is 59.8 Å². The summed E-state index contributed by atoms with van der Waals surface area (Å²) in [6.45, 7) is 8.85. The van der Waals surface area contributed by atoms with Gasteiger partial charge in [-0.15, -0.1) is 6.42 Å². The molecular weight excluding hydrogens is 252 g/mol. The minimum absolute atomic E-state index is 0.216. The van der Waals surface area contributed by atoms with Crippen LogP contribution in [0.5, 0.6) is 0 Å². The predicted octanol–water partition coefficient (Wildman–Crippen LogP) is 5.86. The number of terminal acetylenes is 1. The molecule has 0 fully saturated rings. The van der Waals surface area contributed by atoms with Crippen molar-refractivity contribution in [2.75, 3.05) is 0 Å². The minimum Gasteiger partial charge on any atom is -0.119 e. The van der Waals surface area contributed by atoms with E-state index in [1.54, 1.807) is 0 Å². The molecule has 0 heterocycles. The highest BCUT2D eigenvalue weighted by atomic mass is 14.2. The number of allylic oxidation sites excluding steroid dienone is 10. The van der Waals surface area contributed by atoms with Crippen molar-refractivity contribution in [2.24, 2.45) is 17.8 Å². The van der Waals surface area contributed by atoms with Gasteiger partial charge in [0.15, 0.2) is 0 Å². The molecule has 0 N–H and O–H groups in total. The Morgan fingerprint density at radius 3 is 2.57 bits per heavy atom. The maximum absolute atomic E-state index is 5.43. The zero-order chi connectivity index (χ0) is 15.7. The van der Waals surface area contributed by atoms with Gasteiger partial charge in [-0.05, 0) is 42.7 Å². The van der Waals surface area contributed by atoms with Crippen LogP contribution in [-0.2, 0) is 0 Å². The Labute approximate surface area is 131 Å². The Balaban J connectivity index is 2.93. The van der Waals surface area contributed by atoms with Crippen LogP contribution in [0.4, 0.5) is 0 Å². The van der Waals surface area contributed by atoms with Gasteiger partial charge in [-0.25, -0.2) is 0 Å². The fourth-order valence-electron chi connectivity index (χ4n) is 2.45. The largest absolute Gasteiger partial charge is 0.119 e. The first-order chi connectivity index (χ1) is 10.1. The topological polar surface area (TPSA) is 0 Å². The highest BCUT2D eigenvalue weighted by molar-refractivity contribution is 5.38. The third-order valence-electron chi connectivity index (χ3n) is 3.89. The normalized spacial score (nSPS) is 17.9. The van der Waals surface area contributed by atoms with E-state index in [2.05, 4.69) is 82.2 Å². The molecule has 0 aromatic rings. The van der Waals surface area contributed by atoms with E-state index in [1.165, 1.54) is 11.1 Å². The van der Waals surface area contributed by atoms with E-state index in [4.69, 9.17) is 6.42 Å². The third-order valence-corrected chi connectivity index (χ3v) is 3.89. The Hall–Kier alpha value is -1.74. The Morgan fingerprint density at radius 2 is 1.95 bits per heavy atom. The molecule has 1 rings (SSSR count). The zero-order valence-corrected chi connectivity index (χ0v) is 13.8. The van der Waals surface area contributed by atoms with Gasteiger partial charge in [0.2, 0.25) is 0 Å².